The molecule has 2 nitrogen and oxygen atoms in total. The summed E-state index contributed by atoms with van der Waals surface area (Å²) in [5.41, 5.74) is 0. The van der Waals surface area contributed by atoms with Gasteiger partial charge in [-0.25, -0.2) is 0 Å². The highest BCUT2D eigenvalue weighted by Gasteiger charge is 2.27. The quantitative estimate of drug-likeness (QED) is 0.465. The first-order valence-corrected chi connectivity index (χ1v) is 7.16. The maximum Gasteiger partial charge on any atom is 0.0964 e. The molecule has 0 rings (SSSR count). The summed E-state index contributed by atoms with van der Waals surface area (Å²) < 4.78 is 1.16. The summed E-state index contributed by atoms with van der Waals surface area (Å²) >= 11 is 12.0. The molecule has 0 spiro atoms. The second kappa shape index (κ2) is 10.6. The van der Waals surface area contributed by atoms with Gasteiger partial charge in [0.15, 0.2) is 0 Å². The summed E-state index contributed by atoms with van der Waals surface area (Å²) in [5.74, 6) is 0.568. The zero-order valence-electron chi connectivity index (χ0n) is 10.9. The van der Waals surface area contributed by atoms with Crippen LogP contribution in [0.5, 0.6) is 0 Å². The summed E-state index contributed by atoms with van der Waals surface area (Å²) in [5, 5.41) is 0.122. The number of quaternary nitrogens is 1. The largest absolute Gasteiger partial charge is 0.870 e. The molecule has 0 fully saturated rings. The maximum absolute atomic E-state index is 6.21. The van der Waals surface area contributed by atoms with Gasteiger partial charge in [-0.1, -0.05) is 20.8 Å². The van der Waals surface area contributed by atoms with E-state index in [2.05, 4.69) is 20.8 Å². The number of halogens is 2. The molecule has 0 aromatic rings. The fourth-order valence-corrected chi connectivity index (χ4v) is 2.89. The minimum absolute atomic E-state index is 0. The van der Waals surface area contributed by atoms with Crippen molar-refractivity contribution < 1.29 is 9.96 Å². The molecule has 1 atom stereocenters. The van der Waals surface area contributed by atoms with Gasteiger partial charge < -0.3 is 9.96 Å². The molecule has 0 aromatic carbocycles. The molecule has 1 N–H and O–H groups in total. The van der Waals surface area contributed by atoms with Crippen LogP contribution in [0.25, 0.3) is 0 Å². The van der Waals surface area contributed by atoms with Crippen molar-refractivity contribution >= 4 is 23.2 Å². The van der Waals surface area contributed by atoms with E-state index in [9.17, 15) is 0 Å². The number of hydrogen-bond acceptors (Lipinski definition) is 1. The fourth-order valence-electron chi connectivity index (χ4n) is 2.50. The average Bonchev–Trinajstić information content (AvgIpc) is 2.18. The summed E-state index contributed by atoms with van der Waals surface area (Å²) in [6.45, 7) is 11.5. The van der Waals surface area contributed by atoms with E-state index in [1.165, 1.54) is 38.9 Å². The van der Waals surface area contributed by atoms with E-state index in [1.54, 1.807) is 0 Å². The van der Waals surface area contributed by atoms with Crippen LogP contribution >= 0.6 is 23.2 Å². The lowest BCUT2D eigenvalue weighted by Crippen LogP contribution is -2.53. The third-order valence-corrected chi connectivity index (χ3v) is 3.67. The molecule has 0 aromatic heterocycles. The van der Waals surface area contributed by atoms with Crippen LogP contribution in [-0.4, -0.2) is 47.4 Å². The highest BCUT2D eigenvalue weighted by atomic mass is 35.5. The van der Waals surface area contributed by atoms with Gasteiger partial charge >= 0.3 is 0 Å². The molecule has 0 saturated carbocycles. The molecule has 0 aliphatic heterocycles. The lowest BCUT2D eigenvalue weighted by molar-refractivity contribution is -0.927. The average molecular weight is 272 g/mol. The molecule has 0 heterocycles. The Morgan fingerprint density at radius 3 is 1.56 bits per heavy atom. The standard InChI is InChI=1S/C12H26Cl2N.H2O/c1-4-7-15(8-5-2,9-6-3)11-12(14)10-13;/h12H,4-11H2,1-3H3;1H2/q+1;/p-1. The van der Waals surface area contributed by atoms with Gasteiger partial charge in [0.2, 0.25) is 0 Å². The van der Waals surface area contributed by atoms with E-state index in [-0.39, 0.29) is 10.9 Å². The van der Waals surface area contributed by atoms with Crippen molar-refractivity contribution in [3.63, 3.8) is 0 Å². The molecule has 0 bridgehead atoms. The predicted octanol–water partition coefficient (Wildman–Crippen LogP) is 3.70. The van der Waals surface area contributed by atoms with Crippen molar-refractivity contribution in [2.24, 2.45) is 0 Å². The van der Waals surface area contributed by atoms with Crippen molar-refractivity contribution in [3.8, 4) is 0 Å². The van der Waals surface area contributed by atoms with Crippen LogP contribution < -0.4 is 0 Å². The van der Waals surface area contributed by atoms with E-state index < -0.39 is 0 Å². The molecule has 0 aliphatic carbocycles. The Balaban J connectivity index is 0. The van der Waals surface area contributed by atoms with E-state index >= 15 is 0 Å². The molecule has 0 radical (unpaired) electrons. The molecular formula is C12H27Cl2NO. The van der Waals surface area contributed by atoms with Crippen molar-refractivity contribution in [1.82, 2.24) is 0 Å². The van der Waals surface area contributed by atoms with Crippen molar-refractivity contribution in [2.75, 3.05) is 32.1 Å². The Labute approximate surface area is 111 Å². The van der Waals surface area contributed by atoms with E-state index in [1.807, 2.05) is 0 Å². The molecular weight excluding hydrogens is 245 g/mol. The second-order valence-electron chi connectivity index (χ2n) is 4.45. The molecule has 0 aliphatic rings. The van der Waals surface area contributed by atoms with Gasteiger partial charge in [-0.15, -0.1) is 23.2 Å². The maximum atomic E-state index is 6.21. The minimum Gasteiger partial charge on any atom is -0.870 e. The molecule has 100 valence electrons. The third-order valence-electron chi connectivity index (χ3n) is 2.85. The van der Waals surface area contributed by atoms with E-state index in [4.69, 9.17) is 23.2 Å². The Morgan fingerprint density at radius 1 is 0.938 bits per heavy atom. The first kappa shape index (κ1) is 18.9. The van der Waals surface area contributed by atoms with E-state index in [0.29, 0.717) is 5.88 Å². The van der Waals surface area contributed by atoms with Crippen LogP contribution in [0.3, 0.4) is 0 Å². The summed E-state index contributed by atoms with van der Waals surface area (Å²) in [7, 11) is 0. The molecule has 16 heavy (non-hydrogen) atoms. The molecule has 1 unspecified atom stereocenters. The number of nitrogens with zero attached hydrogens (tertiary/aromatic N) is 1. The first-order valence-electron chi connectivity index (χ1n) is 6.19. The van der Waals surface area contributed by atoms with Gasteiger partial charge in [-0.05, 0) is 19.3 Å². The Kier molecular flexibility index (Phi) is 12.5. The Bertz CT molecular complexity index is 139. The lowest BCUT2D eigenvalue weighted by Gasteiger charge is -2.39. The number of hydrogen-bond donors (Lipinski definition) is 0. The fraction of sp³-hybridized carbons (Fsp3) is 1.00. The van der Waals surface area contributed by atoms with Gasteiger partial charge in [0.25, 0.3) is 0 Å². The monoisotopic (exact) mass is 271 g/mol. The van der Waals surface area contributed by atoms with Crippen molar-refractivity contribution in [2.45, 2.75) is 45.4 Å². The third kappa shape index (κ3) is 6.95. The van der Waals surface area contributed by atoms with Crippen LogP contribution in [0.1, 0.15) is 40.0 Å². The Morgan fingerprint density at radius 2 is 1.31 bits per heavy atom. The highest BCUT2D eigenvalue weighted by Crippen LogP contribution is 2.16. The Hall–Kier alpha value is 0.500. The van der Waals surface area contributed by atoms with Crippen LogP contribution in [-0.2, 0) is 0 Å². The SMILES string of the molecule is CCC[N+](CCC)(CCC)CC(Cl)CCl.[OH-]. The predicted molar refractivity (Wildman–Crippen MR) is 72.9 cm³/mol. The van der Waals surface area contributed by atoms with Crippen LogP contribution in [0.15, 0.2) is 0 Å². The van der Waals surface area contributed by atoms with Crippen molar-refractivity contribution in [3.05, 3.63) is 0 Å². The highest BCUT2D eigenvalue weighted by molar-refractivity contribution is 6.28. The number of rotatable bonds is 9. The smallest absolute Gasteiger partial charge is 0.0964 e. The second-order valence-corrected chi connectivity index (χ2v) is 5.37. The van der Waals surface area contributed by atoms with Gasteiger partial charge in [0.05, 0.1) is 31.6 Å². The van der Waals surface area contributed by atoms with Crippen LogP contribution in [0.2, 0.25) is 0 Å². The van der Waals surface area contributed by atoms with Gasteiger partial charge in [0.1, 0.15) is 0 Å². The summed E-state index contributed by atoms with van der Waals surface area (Å²) in [4.78, 5) is 0. The van der Waals surface area contributed by atoms with Gasteiger partial charge in [-0.2, -0.15) is 0 Å². The minimum atomic E-state index is 0. The molecule has 4 heteroatoms. The number of alkyl halides is 2. The van der Waals surface area contributed by atoms with Gasteiger partial charge in [-0.3, -0.25) is 0 Å². The zero-order valence-corrected chi connectivity index (χ0v) is 12.4. The van der Waals surface area contributed by atoms with E-state index in [0.717, 1.165) is 11.0 Å². The summed E-state index contributed by atoms with van der Waals surface area (Å²) in [6.07, 6.45) is 3.68. The normalized spacial score (nSPS) is 13.3. The molecule has 0 amide bonds. The van der Waals surface area contributed by atoms with Crippen molar-refractivity contribution in [1.29, 1.82) is 0 Å². The topological polar surface area (TPSA) is 30.0 Å². The molecule has 0 saturated heterocycles. The van der Waals surface area contributed by atoms with Crippen LogP contribution in [0.4, 0.5) is 0 Å². The summed E-state index contributed by atoms with van der Waals surface area (Å²) in [6, 6.07) is 0. The zero-order chi connectivity index (χ0) is 11.7. The first-order chi connectivity index (χ1) is 7.14. The van der Waals surface area contributed by atoms with Gasteiger partial charge in [0, 0.05) is 5.88 Å². The lowest BCUT2D eigenvalue weighted by atomic mass is 10.2. The van der Waals surface area contributed by atoms with Crippen LogP contribution in [0, 0.1) is 0 Å².